The number of aryl methyl sites for hydroxylation is 1. The molecule has 1 N–H and O–H groups in total. The first-order valence-electron chi connectivity index (χ1n) is 5.69. The fourth-order valence-corrected chi connectivity index (χ4v) is 2.19. The highest BCUT2D eigenvalue weighted by atomic mass is 14.9. The van der Waals surface area contributed by atoms with E-state index in [1.807, 2.05) is 0 Å². The Morgan fingerprint density at radius 1 is 1.36 bits per heavy atom. The summed E-state index contributed by atoms with van der Waals surface area (Å²) in [4.78, 5) is 0. The van der Waals surface area contributed by atoms with Gasteiger partial charge in [0, 0.05) is 6.04 Å². The Morgan fingerprint density at radius 3 is 2.93 bits per heavy atom. The maximum Gasteiger partial charge on any atom is 0.0108 e. The highest BCUT2D eigenvalue weighted by molar-refractivity contribution is 5.24. The average molecular weight is 189 g/mol. The molecular weight excluding hydrogens is 170 g/mol. The second-order valence-corrected chi connectivity index (χ2v) is 4.17. The number of hydrogen-bond acceptors (Lipinski definition) is 1. The van der Waals surface area contributed by atoms with Crippen LogP contribution in [-0.4, -0.2) is 12.6 Å². The molecule has 1 aromatic carbocycles. The molecule has 1 unspecified atom stereocenters. The molecule has 0 bridgehead atoms. The van der Waals surface area contributed by atoms with Gasteiger partial charge in [0.15, 0.2) is 0 Å². The zero-order chi connectivity index (χ0) is 9.80. The van der Waals surface area contributed by atoms with Crippen LogP contribution in [0.4, 0.5) is 0 Å². The van der Waals surface area contributed by atoms with Crippen molar-refractivity contribution in [3.8, 4) is 0 Å². The van der Waals surface area contributed by atoms with Gasteiger partial charge in [0.1, 0.15) is 0 Å². The molecule has 1 aliphatic heterocycles. The second kappa shape index (κ2) is 4.61. The van der Waals surface area contributed by atoms with Crippen molar-refractivity contribution in [3.05, 3.63) is 35.4 Å². The molecule has 1 saturated heterocycles. The summed E-state index contributed by atoms with van der Waals surface area (Å²) in [6, 6.07) is 9.72. The lowest BCUT2D eigenvalue weighted by Crippen LogP contribution is -2.23. The van der Waals surface area contributed by atoms with Gasteiger partial charge in [0.2, 0.25) is 0 Å². The van der Waals surface area contributed by atoms with Crippen LogP contribution in [-0.2, 0) is 12.8 Å². The van der Waals surface area contributed by atoms with Crippen LogP contribution in [0.2, 0.25) is 0 Å². The zero-order valence-corrected chi connectivity index (χ0v) is 8.92. The second-order valence-electron chi connectivity index (χ2n) is 4.17. The van der Waals surface area contributed by atoms with Gasteiger partial charge in [0.25, 0.3) is 0 Å². The van der Waals surface area contributed by atoms with E-state index in [9.17, 15) is 0 Å². The Kier molecular flexibility index (Phi) is 3.20. The summed E-state index contributed by atoms with van der Waals surface area (Å²) < 4.78 is 0. The average Bonchev–Trinajstić information content (AvgIpc) is 2.71. The van der Waals surface area contributed by atoms with Crippen molar-refractivity contribution in [2.75, 3.05) is 6.54 Å². The quantitative estimate of drug-likeness (QED) is 0.770. The Labute approximate surface area is 86.5 Å². The molecule has 0 radical (unpaired) electrons. The largest absolute Gasteiger partial charge is 0.314 e. The Hall–Kier alpha value is -0.820. The fraction of sp³-hybridized carbons (Fsp3) is 0.538. The molecule has 1 heteroatoms. The standard InChI is InChI=1S/C13H19N/c1-2-11-5-3-6-12(9-11)10-13-7-4-8-14-13/h3,5-6,9,13-14H,2,4,7-8,10H2,1H3. The van der Waals surface area contributed by atoms with E-state index in [0.29, 0.717) is 0 Å². The number of benzene rings is 1. The van der Waals surface area contributed by atoms with Crippen molar-refractivity contribution >= 4 is 0 Å². The van der Waals surface area contributed by atoms with Gasteiger partial charge in [-0.25, -0.2) is 0 Å². The van der Waals surface area contributed by atoms with Crippen LogP contribution in [0.1, 0.15) is 30.9 Å². The first kappa shape index (κ1) is 9.72. The zero-order valence-electron chi connectivity index (χ0n) is 8.92. The summed E-state index contributed by atoms with van der Waals surface area (Å²) in [6.45, 7) is 3.42. The van der Waals surface area contributed by atoms with Gasteiger partial charge in [-0.1, -0.05) is 31.2 Å². The van der Waals surface area contributed by atoms with Crippen LogP contribution in [0.25, 0.3) is 0 Å². The van der Waals surface area contributed by atoms with Crippen molar-refractivity contribution in [1.29, 1.82) is 0 Å². The topological polar surface area (TPSA) is 12.0 Å². The van der Waals surface area contributed by atoms with Gasteiger partial charge in [-0.05, 0) is 43.4 Å². The Bertz CT molecular complexity index is 287. The van der Waals surface area contributed by atoms with Crippen LogP contribution >= 0.6 is 0 Å². The van der Waals surface area contributed by atoms with E-state index in [2.05, 4.69) is 36.5 Å². The summed E-state index contributed by atoms with van der Waals surface area (Å²) in [5, 5.41) is 3.54. The first-order chi connectivity index (χ1) is 6.88. The molecule has 1 atom stereocenters. The molecule has 1 fully saturated rings. The number of rotatable bonds is 3. The van der Waals surface area contributed by atoms with Crippen molar-refractivity contribution in [1.82, 2.24) is 5.32 Å². The smallest absolute Gasteiger partial charge is 0.0108 e. The number of nitrogens with one attached hydrogen (secondary N) is 1. The SMILES string of the molecule is CCc1cccc(CC2CCCN2)c1. The highest BCUT2D eigenvalue weighted by Gasteiger charge is 2.13. The summed E-state index contributed by atoms with van der Waals surface area (Å²) in [6.07, 6.45) is 5.04. The molecule has 0 spiro atoms. The van der Waals surface area contributed by atoms with Gasteiger partial charge in [0.05, 0.1) is 0 Å². The van der Waals surface area contributed by atoms with E-state index >= 15 is 0 Å². The molecule has 1 aliphatic rings. The lowest BCUT2D eigenvalue weighted by atomic mass is 10.0. The molecule has 0 aromatic heterocycles. The fourth-order valence-electron chi connectivity index (χ4n) is 2.19. The lowest BCUT2D eigenvalue weighted by molar-refractivity contribution is 0.603. The van der Waals surface area contributed by atoms with Crippen LogP contribution in [0.3, 0.4) is 0 Å². The van der Waals surface area contributed by atoms with Gasteiger partial charge in [-0.3, -0.25) is 0 Å². The summed E-state index contributed by atoms with van der Waals surface area (Å²) in [7, 11) is 0. The van der Waals surface area contributed by atoms with Gasteiger partial charge in [-0.15, -0.1) is 0 Å². The van der Waals surface area contributed by atoms with Crippen LogP contribution in [0, 0.1) is 0 Å². The van der Waals surface area contributed by atoms with E-state index in [1.165, 1.54) is 36.9 Å². The van der Waals surface area contributed by atoms with E-state index in [1.54, 1.807) is 0 Å². The molecule has 1 nitrogen and oxygen atoms in total. The van der Waals surface area contributed by atoms with E-state index < -0.39 is 0 Å². The van der Waals surface area contributed by atoms with Crippen molar-refractivity contribution in [3.63, 3.8) is 0 Å². The molecule has 76 valence electrons. The van der Waals surface area contributed by atoms with Crippen molar-refractivity contribution < 1.29 is 0 Å². The molecule has 0 aliphatic carbocycles. The molecule has 1 heterocycles. The third kappa shape index (κ3) is 2.36. The lowest BCUT2D eigenvalue weighted by Gasteiger charge is -2.10. The molecular formula is C13H19N. The van der Waals surface area contributed by atoms with Gasteiger partial charge in [-0.2, -0.15) is 0 Å². The van der Waals surface area contributed by atoms with Crippen molar-refractivity contribution in [2.45, 2.75) is 38.6 Å². The molecule has 0 amide bonds. The summed E-state index contributed by atoms with van der Waals surface area (Å²) in [5.41, 5.74) is 2.95. The summed E-state index contributed by atoms with van der Waals surface area (Å²) in [5.74, 6) is 0. The Morgan fingerprint density at radius 2 is 2.21 bits per heavy atom. The maximum absolute atomic E-state index is 3.54. The predicted molar refractivity (Wildman–Crippen MR) is 60.5 cm³/mol. The van der Waals surface area contributed by atoms with E-state index in [0.717, 1.165) is 12.5 Å². The van der Waals surface area contributed by atoms with Gasteiger partial charge < -0.3 is 5.32 Å². The van der Waals surface area contributed by atoms with Crippen molar-refractivity contribution in [2.24, 2.45) is 0 Å². The van der Waals surface area contributed by atoms with Crippen LogP contribution in [0.5, 0.6) is 0 Å². The van der Waals surface area contributed by atoms with Crippen LogP contribution < -0.4 is 5.32 Å². The molecule has 0 saturated carbocycles. The summed E-state index contributed by atoms with van der Waals surface area (Å²) >= 11 is 0. The molecule has 14 heavy (non-hydrogen) atoms. The predicted octanol–water partition coefficient (Wildman–Crippen LogP) is 2.54. The third-order valence-corrected chi connectivity index (χ3v) is 3.04. The first-order valence-corrected chi connectivity index (χ1v) is 5.69. The minimum atomic E-state index is 0.724. The minimum Gasteiger partial charge on any atom is -0.314 e. The monoisotopic (exact) mass is 189 g/mol. The number of hydrogen-bond donors (Lipinski definition) is 1. The molecule has 1 aromatic rings. The molecule has 2 rings (SSSR count). The van der Waals surface area contributed by atoms with Crippen LogP contribution in [0.15, 0.2) is 24.3 Å². The maximum atomic E-state index is 3.54. The van der Waals surface area contributed by atoms with E-state index in [-0.39, 0.29) is 0 Å². The minimum absolute atomic E-state index is 0.724. The highest BCUT2D eigenvalue weighted by Crippen LogP contribution is 2.13. The normalized spacial score (nSPS) is 21.4. The van der Waals surface area contributed by atoms with E-state index in [4.69, 9.17) is 0 Å². The Balaban J connectivity index is 2.00. The van der Waals surface area contributed by atoms with Gasteiger partial charge >= 0.3 is 0 Å². The third-order valence-electron chi connectivity index (χ3n) is 3.04.